The Kier molecular flexibility index (Phi) is 3.78. The number of carbonyl (C=O) groups is 1. The second kappa shape index (κ2) is 5.12. The normalized spacial score (nSPS) is 28.9. The van der Waals surface area contributed by atoms with E-state index in [9.17, 15) is 9.90 Å². The summed E-state index contributed by atoms with van der Waals surface area (Å²) in [5.41, 5.74) is -0.499. The molecule has 2 heterocycles. The van der Waals surface area contributed by atoms with Gasteiger partial charge in [0, 0.05) is 19.8 Å². The van der Waals surface area contributed by atoms with Crippen LogP contribution in [0.25, 0.3) is 0 Å². The molecule has 0 spiro atoms. The highest BCUT2D eigenvalue weighted by Gasteiger charge is 2.36. The fourth-order valence-corrected chi connectivity index (χ4v) is 2.21. The average molecular weight is 229 g/mol. The lowest BCUT2D eigenvalue weighted by Gasteiger charge is -2.36. The van der Waals surface area contributed by atoms with Gasteiger partial charge in [0.2, 0.25) is 5.91 Å². The third kappa shape index (κ3) is 2.53. The van der Waals surface area contributed by atoms with Gasteiger partial charge in [-0.1, -0.05) is 0 Å². The van der Waals surface area contributed by atoms with E-state index in [2.05, 4.69) is 5.32 Å². The minimum absolute atomic E-state index is 0.0329. The lowest BCUT2D eigenvalue weighted by molar-refractivity contribution is -0.134. The van der Waals surface area contributed by atoms with E-state index in [1.165, 1.54) is 0 Å². The van der Waals surface area contributed by atoms with Gasteiger partial charge in [-0.05, 0) is 25.7 Å². The molecule has 0 aromatic heterocycles. The highest BCUT2D eigenvalue weighted by atomic mass is 16.5. The van der Waals surface area contributed by atoms with Crippen LogP contribution in [0, 0.1) is 0 Å². The third-order valence-electron chi connectivity index (χ3n) is 3.36. The first-order valence-electron chi connectivity index (χ1n) is 5.88. The molecule has 1 atom stereocenters. The van der Waals surface area contributed by atoms with Crippen molar-refractivity contribution in [1.82, 2.24) is 5.32 Å². The maximum atomic E-state index is 11.9. The van der Waals surface area contributed by atoms with Crippen LogP contribution in [0.4, 0.5) is 0 Å². The molecule has 92 valence electrons. The number of hydrogen-bond acceptors (Lipinski definition) is 4. The fourth-order valence-electron chi connectivity index (χ4n) is 2.21. The zero-order chi connectivity index (χ0) is 11.4. The molecule has 0 saturated carbocycles. The summed E-state index contributed by atoms with van der Waals surface area (Å²) >= 11 is 0. The van der Waals surface area contributed by atoms with Crippen molar-refractivity contribution >= 4 is 5.91 Å². The molecule has 0 radical (unpaired) electrons. The summed E-state index contributed by atoms with van der Waals surface area (Å²) in [5, 5.41) is 12.4. The Hall–Kier alpha value is -0.650. The Morgan fingerprint density at radius 3 is 2.69 bits per heavy atom. The van der Waals surface area contributed by atoms with Crippen molar-refractivity contribution in [2.75, 3.05) is 26.4 Å². The van der Waals surface area contributed by atoms with E-state index in [0.717, 1.165) is 12.8 Å². The van der Waals surface area contributed by atoms with E-state index >= 15 is 0 Å². The zero-order valence-electron chi connectivity index (χ0n) is 9.41. The number of rotatable bonds is 3. The molecular weight excluding hydrogens is 210 g/mol. The zero-order valence-corrected chi connectivity index (χ0v) is 9.41. The first-order chi connectivity index (χ1) is 7.76. The summed E-state index contributed by atoms with van der Waals surface area (Å²) in [4.78, 5) is 11.9. The van der Waals surface area contributed by atoms with Crippen molar-refractivity contribution < 1.29 is 19.4 Å². The minimum Gasteiger partial charge on any atom is -0.394 e. The van der Waals surface area contributed by atoms with E-state index in [1.807, 2.05) is 0 Å². The van der Waals surface area contributed by atoms with Crippen LogP contribution < -0.4 is 5.32 Å². The molecule has 5 nitrogen and oxygen atoms in total. The van der Waals surface area contributed by atoms with Crippen LogP contribution in [0.5, 0.6) is 0 Å². The number of hydrogen-bond donors (Lipinski definition) is 2. The number of carbonyl (C=O) groups excluding carboxylic acids is 1. The Morgan fingerprint density at radius 2 is 2.12 bits per heavy atom. The Labute approximate surface area is 95.1 Å². The van der Waals surface area contributed by atoms with Crippen LogP contribution >= 0.6 is 0 Å². The van der Waals surface area contributed by atoms with E-state index in [-0.39, 0.29) is 18.6 Å². The van der Waals surface area contributed by atoms with Crippen molar-refractivity contribution in [1.29, 1.82) is 0 Å². The molecule has 5 heteroatoms. The molecular formula is C11H19NO4. The van der Waals surface area contributed by atoms with Crippen molar-refractivity contribution in [2.45, 2.75) is 37.3 Å². The van der Waals surface area contributed by atoms with Gasteiger partial charge in [0.15, 0.2) is 0 Å². The van der Waals surface area contributed by atoms with E-state index in [4.69, 9.17) is 9.47 Å². The van der Waals surface area contributed by atoms with Crippen molar-refractivity contribution in [3.05, 3.63) is 0 Å². The molecule has 2 fully saturated rings. The van der Waals surface area contributed by atoms with E-state index in [0.29, 0.717) is 32.7 Å². The molecule has 2 rings (SSSR count). The van der Waals surface area contributed by atoms with E-state index in [1.54, 1.807) is 0 Å². The lowest BCUT2D eigenvalue weighted by atomic mass is 9.90. The Balaban J connectivity index is 1.91. The van der Waals surface area contributed by atoms with Crippen LogP contribution in [0.3, 0.4) is 0 Å². The first-order valence-corrected chi connectivity index (χ1v) is 5.88. The smallest absolute Gasteiger partial charge is 0.249 e. The van der Waals surface area contributed by atoms with Gasteiger partial charge in [-0.25, -0.2) is 0 Å². The monoisotopic (exact) mass is 229 g/mol. The molecule has 2 N–H and O–H groups in total. The maximum Gasteiger partial charge on any atom is 0.249 e. The third-order valence-corrected chi connectivity index (χ3v) is 3.36. The first kappa shape index (κ1) is 11.8. The second-order valence-corrected chi connectivity index (χ2v) is 4.54. The molecule has 0 aromatic rings. The van der Waals surface area contributed by atoms with Gasteiger partial charge in [0.1, 0.15) is 6.10 Å². The second-order valence-electron chi connectivity index (χ2n) is 4.54. The number of ether oxygens (including phenoxy) is 2. The standard InChI is InChI=1S/C11H19NO4/c13-8-11(3-6-15-7-4-11)12-10(14)9-2-1-5-16-9/h9,13H,1-8H2,(H,12,14). The molecule has 1 unspecified atom stereocenters. The predicted octanol–water partition coefficient (Wildman–Crippen LogP) is -0.177. The summed E-state index contributed by atoms with van der Waals surface area (Å²) in [6.45, 7) is 1.81. The summed E-state index contributed by atoms with van der Waals surface area (Å²) in [7, 11) is 0. The van der Waals surface area contributed by atoms with Crippen molar-refractivity contribution in [3.8, 4) is 0 Å². The molecule has 16 heavy (non-hydrogen) atoms. The molecule has 2 saturated heterocycles. The largest absolute Gasteiger partial charge is 0.394 e. The van der Waals surface area contributed by atoms with Gasteiger partial charge >= 0.3 is 0 Å². The van der Waals surface area contributed by atoms with Crippen LogP contribution in [0.1, 0.15) is 25.7 Å². The summed E-state index contributed by atoms with van der Waals surface area (Å²) in [6, 6.07) is 0. The van der Waals surface area contributed by atoms with Crippen molar-refractivity contribution in [2.24, 2.45) is 0 Å². The molecule has 0 aliphatic carbocycles. The summed E-state index contributed by atoms with van der Waals surface area (Å²) in [5.74, 6) is -0.0894. The molecule has 0 aromatic carbocycles. The minimum atomic E-state index is -0.499. The van der Waals surface area contributed by atoms with E-state index < -0.39 is 5.54 Å². The van der Waals surface area contributed by atoms with Gasteiger partial charge < -0.3 is 19.9 Å². The highest BCUT2D eigenvalue weighted by Crippen LogP contribution is 2.21. The Bertz CT molecular complexity index is 244. The quantitative estimate of drug-likeness (QED) is 0.704. The van der Waals surface area contributed by atoms with Crippen LogP contribution in [0.2, 0.25) is 0 Å². The Morgan fingerprint density at radius 1 is 1.38 bits per heavy atom. The number of aliphatic hydroxyl groups is 1. The molecule has 0 bridgehead atoms. The van der Waals surface area contributed by atoms with Gasteiger partial charge in [-0.3, -0.25) is 4.79 Å². The van der Waals surface area contributed by atoms with Gasteiger partial charge in [-0.15, -0.1) is 0 Å². The lowest BCUT2D eigenvalue weighted by Crippen LogP contribution is -2.56. The highest BCUT2D eigenvalue weighted by molar-refractivity contribution is 5.81. The van der Waals surface area contributed by atoms with Gasteiger partial charge in [0.05, 0.1) is 12.1 Å². The average Bonchev–Trinajstić information content (AvgIpc) is 2.84. The van der Waals surface area contributed by atoms with Crippen LogP contribution in [-0.2, 0) is 14.3 Å². The topological polar surface area (TPSA) is 67.8 Å². The number of amides is 1. The molecule has 1 amide bonds. The molecule has 2 aliphatic rings. The van der Waals surface area contributed by atoms with Crippen LogP contribution in [-0.4, -0.2) is 49.1 Å². The van der Waals surface area contributed by atoms with Crippen molar-refractivity contribution in [3.63, 3.8) is 0 Å². The SMILES string of the molecule is O=C(NC1(CO)CCOCC1)C1CCCO1. The summed E-state index contributed by atoms with van der Waals surface area (Å²) in [6.07, 6.45) is 2.73. The number of aliphatic hydroxyl groups excluding tert-OH is 1. The maximum absolute atomic E-state index is 11.9. The van der Waals surface area contributed by atoms with Gasteiger partial charge in [0.25, 0.3) is 0 Å². The predicted molar refractivity (Wildman–Crippen MR) is 57.0 cm³/mol. The summed E-state index contributed by atoms with van der Waals surface area (Å²) < 4.78 is 10.6. The fraction of sp³-hybridized carbons (Fsp3) is 0.909. The molecule has 2 aliphatic heterocycles. The van der Waals surface area contributed by atoms with Gasteiger partial charge in [-0.2, -0.15) is 0 Å². The number of nitrogens with one attached hydrogen (secondary N) is 1. The van der Waals surface area contributed by atoms with Crippen LogP contribution in [0.15, 0.2) is 0 Å².